The number of piperidine rings is 2. The molecule has 5 nitrogen and oxygen atoms in total. The van der Waals surface area contributed by atoms with Crippen LogP contribution in [0.5, 0.6) is 0 Å². The van der Waals surface area contributed by atoms with Crippen LogP contribution in [0.1, 0.15) is 45.2 Å². The van der Waals surface area contributed by atoms with Crippen molar-refractivity contribution in [3.8, 4) is 0 Å². The highest BCUT2D eigenvalue weighted by molar-refractivity contribution is 5.77. The molecular formula is C17H28N4O. The number of hydrogen-bond donors (Lipinski definition) is 0. The highest BCUT2D eigenvalue weighted by Crippen LogP contribution is 2.40. The minimum atomic E-state index is 0.348. The van der Waals surface area contributed by atoms with Gasteiger partial charge >= 0.3 is 0 Å². The molecule has 2 aliphatic rings. The number of likely N-dealkylation sites (tertiary alicyclic amines) is 2. The van der Waals surface area contributed by atoms with Crippen LogP contribution in [0.2, 0.25) is 0 Å². The lowest BCUT2D eigenvalue weighted by atomic mass is 9.72. The molecule has 122 valence electrons. The Bertz CT molecular complexity index is 516. The van der Waals surface area contributed by atoms with E-state index in [4.69, 9.17) is 0 Å². The first-order valence-electron chi connectivity index (χ1n) is 8.66. The van der Waals surface area contributed by atoms with Crippen molar-refractivity contribution in [1.29, 1.82) is 0 Å². The molecule has 0 saturated carbocycles. The molecule has 1 amide bonds. The molecule has 2 aliphatic heterocycles. The number of aryl methyl sites for hydroxylation is 1. The molecule has 0 unspecified atom stereocenters. The maximum atomic E-state index is 11.9. The van der Waals surface area contributed by atoms with E-state index in [1.807, 2.05) is 4.68 Å². The number of rotatable bonds is 4. The average molecular weight is 304 g/mol. The first-order chi connectivity index (χ1) is 10.6. The van der Waals surface area contributed by atoms with E-state index in [1.54, 1.807) is 0 Å². The van der Waals surface area contributed by atoms with Crippen LogP contribution in [0.4, 0.5) is 0 Å². The zero-order chi connectivity index (χ0) is 15.6. The topological polar surface area (TPSA) is 41.4 Å². The fourth-order valence-electron chi connectivity index (χ4n) is 3.88. The summed E-state index contributed by atoms with van der Waals surface area (Å²) in [4.78, 5) is 16.5. The van der Waals surface area contributed by atoms with Crippen molar-refractivity contribution < 1.29 is 4.79 Å². The largest absolute Gasteiger partial charge is 0.342 e. The Kier molecular flexibility index (Phi) is 4.52. The Labute approximate surface area is 133 Å². The summed E-state index contributed by atoms with van der Waals surface area (Å²) in [6.07, 6.45) is 6.32. The molecule has 3 rings (SSSR count). The predicted molar refractivity (Wildman–Crippen MR) is 86.3 cm³/mol. The first-order valence-corrected chi connectivity index (χ1v) is 8.66. The van der Waals surface area contributed by atoms with Crippen LogP contribution >= 0.6 is 0 Å². The third-order valence-electron chi connectivity index (χ3n) is 5.45. The van der Waals surface area contributed by atoms with Crippen LogP contribution in [0.25, 0.3) is 0 Å². The second-order valence-corrected chi connectivity index (χ2v) is 6.85. The molecule has 0 aliphatic carbocycles. The molecule has 2 fully saturated rings. The molecule has 0 bridgehead atoms. The van der Waals surface area contributed by atoms with Gasteiger partial charge < -0.3 is 4.90 Å². The number of carbonyl (C=O) groups is 1. The normalized spacial score (nSPS) is 22.5. The molecule has 1 aromatic rings. The number of amides is 1. The molecule has 1 aromatic heterocycles. The summed E-state index contributed by atoms with van der Waals surface area (Å²) < 4.78 is 1.99. The lowest BCUT2D eigenvalue weighted by Crippen LogP contribution is -2.51. The molecule has 22 heavy (non-hydrogen) atoms. The van der Waals surface area contributed by atoms with Crippen molar-refractivity contribution in [2.24, 2.45) is 5.41 Å². The Hall–Kier alpha value is -1.36. The molecule has 2 saturated heterocycles. The van der Waals surface area contributed by atoms with Gasteiger partial charge in [0.25, 0.3) is 0 Å². The number of nitrogens with zero attached hydrogens (tertiary/aromatic N) is 4. The van der Waals surface area contributed by atoms with Gasteiger partial charge in [-0.2, -0.15) is 5.10 Å². The quantitative estimate of drug-likeness (QED) is 0.855. The highest BCUT2D eigenvalue weighted by Gasteiger charge is 2.40. The SMILES string of the molecule is CCN1CC2(CCC1=O)CCN(Cc1ccn(CC)n1)CC2. The Morgan fingerprint density at radius 1 is 1.18 bits per heavy atom. The van der Waals surface area contributed by atoms with Crippen LogP contribution < -0.4 is 0 Å². The third-order valence-corrected chi connectivity index (χ3v) is 5.45. The smallest absolute Gasteiger partial charge is 0.222 e. The van der Waals surface area contributed by atoms with Gasteiger partial charge in [-0.3, -0.25) is 14.4 Å². The maximum absolute atomic E-state index is 11.9. The van der Waals surface area contributed by atoms with Gasteiger partial charge in [-0.15, -0.1) is 0 Å². The first kappa shape index (κ1) is 15.5. The van der Waals surface area contributed by atoms with Gasteiger partial charge in [0.2, 0.25) is 5.91 Å². The van der Waals surface area contributed by atoms with E-state index in [2.05, 4.69) is 41.0 Å². The van der Waals surface area contributed by atoms with Crippen molar-refractivity contribution in [3.63, 3.8) is 0 Å². The standard InChI is InChI=1S/C17H28N4O/c1-3-20-14-17(7-5-16(20)22)8-11-19(12-9-17)13-15-6-10-21(4-2)18-15/h6,10H,3-5,7-9,11-14H2,1-2H3. The van der Waals surface area contributed by atoms with Crippen molar-refractivity contribution in [3.05, 3.63) is 18.0 Å². The highest BCUT2D eigenvalue weighted by atomic mass is 16.2. The van der Waals surface area contributed by atoms with E-state index in [0.717, 1.165) is 52.1 Å². The molecule has 3 heterocycles. The van der Waals surface area contributed by atoms with E-state index < -0.39 is 0 Å². The fraction of sp³-hybridized carbons (Fsp3) is 0.765. The van der Waals surface area contributed by atoms with Gasteiger partial charge in [0.05, 0.1) is 5.69 Å². The number of aromatic nitrogens is 2. The Morgan fingerprint density at radius 2 is 1.95 bits per heavy atom. The molecule has 0 N–H and O–H groups in total. The van der Waals surface area contributed by atoms with E-state index in [0.29, 0.717) is 11.3 Å². The Balaban J connectivity index is 1.54. The summed E-state index contributed by atoms with van der Waals surface area (Å²) in [6.45, 7) is 10.2. The summed E-state index contributed by atoms with van der Waals surface area (Å²) in [5, 5.41) is 4.58. The summed E-state index contributed by atoms with van der Waals surface area (Å²) in [5.41, 5.74) is 1.55. The molecular weight excluding hydrogens is 276 g/mol. The monoisotopic (exact) mass is 304 g/mol. The van der Waals surface area contributed by atoms with Crippen LogP contribution in [0.3, 0.4) is 0 Å². The van der Waals surface area contributed by atoms with Crippen molar-refractivity contribution in [2.45, 2.75) is 52.6 Å². The molecule has 5 heteroatoms. The summed E-state index contributed by atoms with van der Waals surface area (Å²) in [7, 11) is 0. The van der Waals surface area contributed by atoms with E-state index in [-0.39, 0.29) is 0 Å². The van der Waals surface area contributed by atoms with Gasteiger partial charge in [-0.1, -0.05) is 0 Å². The second-order valence-electron chi connectivity index (χ2n) is 6.85. The third kappa shape index (κ3) is 3.19. The lowest BCUT2D eigenvalue weighted by molar-refractivity contribution is -0.138. The van der Waals surface area contributed by atoms with Gasteiger partial charge in [-0.05, 0) is 57.7 Å². The van der Waals surface area contributed by atoms with Crippen LogP contribution in [0.15, 0.2) is 12.3 Å². The van der Waals surface area contributed by atoms with E-state index in [1.165, 1.54) is 18.5 Å². The second kappa shape index (κ2) is 6.41. The summed E-state index contributed by atoms with van der Waals surface area (Å²) in [5.74, 6) is 0.348. The summed E-state index contributed by atoms with van der Waals surface area (Å²) >= 11 is 0. The molecule has 0 radical (unpaired) electrons. The average Bonchev–Trinajstić information content (AvgIpc) is 3.00. The maximum Gasteiger partial charge on any atom is 0.222 e. The van der Waals surface area contributed by atoms with Crippen LogP contribution in [-0.2, 0) is 17.9 Å². The minimum absolute atomic E-state index is 0.348. The fourth-order valence-corrected chi connectivity index (χ4v) is 3.88. The van der Waals surface area contributed by atoms with Gasteiger partial charge in [0.1, 0.15) is 0 Å². The summed E-state index contributed by atoms with van der Waals surface area (Å²) in [6, 6.07) is 2.13. The Morgan fingerprint density at radius 3 is 2.59 bits per heavy atom. The molecule has 1 spiro atoms. The zero-order valence-corrected chi connectivity index (χ0v) is 13.9. The zero-order valence-electron chi connectivity index (χ0n) is 13.9. The molecule has 0 aromatic carbocycles. The van der Waals surface area contributed by atoms with Crippen molar-refractivity contribution in [1.82, 2.24) is 19.6 Å². The van der Waals surface area contributed by atoms with Gasteiger partial charge in [-0.25, -0.2) is 0 Å². The molecule has 0 atom stereocenters. The number of carbonyl (C=O) groups excluding carboxylic acids is 1. The minimum Gasteiger partial charge on any atom is -0.342 e. The predicted octanol–water partition coefficient (Wildman–Crippen LogP) is 2.13. The number of hydrogen-bond acceptors (Lipinski definition) is 3. The van der Waals surface area contributed by atoms with Gasteiger partial charge in [0.15, 0.2) is 0 Å². The van der Waals surface area contributed by atoms with Crippen molar-refractivity contribution in [2.75, 3.05) is 26.2 Å². The van der Waals surface area contributed by atoms with Crippen LogP contribution in [-0.4, -0.2) is 51.7 Å². The van der Waals surface area contributed by atoms with E-state index >= 15 is 0 Å². The van der Waals surface area contributed by atoms with Gasteiger partial charge in [0, 0.05) is 38.8 Å². The van der Waals surface area contributed by atoms with E-state index in [9.17, 15) is 4.79 Å². The van der Waals surface area contributed by atoms with Crippen LogP contribution in [0, 0.1) is 5.41 Å². The van der Waals surface area contributed by atoms with Crippen molar-refractivity contribution >= 4 is 5.91 Å². The lowest BCUT2D eigenvalue weighted by Gasteiger charge is -2.47.